The number of ether oxygens (including phenoxy) is 1. The predicted octanol–water partition coefficient (Wildman–Crippen LogP) is 3.23. The summed E-state index contributed by atoms with van der Waals surface area (Å²) in [7, 11) is 1.48. The third-order valence-electron chi connectivity index (χ3n) is 3.53. The normalized spacial score (nSPS) is 20.1. The molecule has 0 bridgehead atoms. The summed E-state index contributed by atoms with van der Waals surface area (Å²) in [4.78, 5) is 12.0. The second kappa shape index (κ2) is 7.53. The van der Waals surface area contributed by atoms with Gasteiger partial charge in [0.05, 0.1) is 7.11 Å². The summed E-state index contributed by atoms with van der Waals surface area (Å²) in [5, 5.41) is 3.93. The fourth-order valence-electron chi connectivity index (χ4n) is 2.24. The molecule has 1 saturated carbocycles. The van der Waals surface area contributed by atoms with Crippen molar-refractivity contribution in [1.82, 2.24) is 5.32 Å². The Bertz CT molecular complexity index is 292. The van der Waals surface area contributed by atoms with Gasteiger partial charge in [0.1, 0.15) is 5.54 Å². The zero-order valence-corrected chi connectivity index (χ0v) is 13.8. The number of rotatable bonds is 9. The first-order chi connectivity index (χ1) is 8.87. The maximum atomic E-state index is 12.0. The van der Waals surface area contributed by atoms with Gasteiger partial charge in [0.2, 0.25) is 0 Å². The Morgan fingerprint density at radius 1 is 1.42 bits per heavy atom. The average Bonchev–Trinajstić information content (AvgIpc) is 3.10. The molecular formula is C15H29NO2S. The first-order valence-corrected chi connectivity index (χ1v) is 8.40. The van der Waals surface area contributed by atoms with E-state index in [1.54, 1.807) is 0 Å². The van der Waals surface area contributed by atoms with Gasteiger partial charge >= 0.3 is 5.97 Å². The van der Waals surface area contributed by atoms with Crippen LogP contribution in [0.5, 0.6) is 0 Å². The van der Waals surface area contributed by atoms with E-state index in [0.717, 1.165) is 12.3 Å². The molecule has 1 N–H and O–H groups in total. The van der Waals surface area contributed by atoms with Crippen molar-refractivity contribution < 1.29 is 9.53 Å². The molecule has 0 aromatic heterocycles. The summed E-state index contributed by atoms with van der Waals surface area (Å²) in [6.07, 6.45) is 4.43. The second-order valence-electron chi connectivity index (χ2n) is 6.31. The molecule has 2 unspecified atom stereocenters. The number of esters is 1. The molecule has 0 aliphatic heterocycles. The minimum absolute atomic E-state index is 0.129. The van der Waals surface area contributed by atoms with Crippen molar-refractivity contribution in [1.29, 1.82) is 0 Å². The Morgan fingerprint density at radius 3 is 2.53 bits per heavy atom. The number of thioether (sulfide) groups is 1. The molecule has 0 radical (unpaired) electrons. The highest BCUT2D eigenvalue weighted by molar-refractivity contribution is 7.99. The second-order valence-corrected chi connectivity index (χ2v) is 7.86. The maximum Gasteiger partial charge on any atom is 0.325 e. The Kier molecular flexibility index (Phi) is 6.67. The molecular weight excluding hydrogens is 258 g/mol. The largest absolute Gasteiger partial charge is 0.468 e. The average molecular weight is 287 g/mol. The monoisotopic (exact) mass is 287 g/mol. The summed E-state index contributed by atoms with van der Waals surface area (Å²) < 4.78 is 4.98. The van der Waals surface area contributed by atoms with Crippen LogP contribution in [0.3, 0.4) is 0 Å². The molecule has 112 valence electrons. The van der Waals surface area contributed by atoms with Gasteiger partial charge in [-0.05, 0) is 44.3 Å². The molecule has 1 rings (SSSR count). The lowest BCUT2D eigenvalue weighted by Gasteiger charge is -2.30. The van der Waals surface area contributed by atoms with Crippen LogP contribution in [0.25, 0.3) is 0 Å². The summed E-state index contributed by atoms with van der Waals surface area (Å²) in [5.74, 6) is 1.78. The van der Waals surface area contributed by atoms with Gasteiger partial charge in [0.15, 0.2) is 0 Å². The summed E-state index contributed by atoms with van der Waals surface area (Å²) in [5.41, 5.74) is -0.528. The van der Waals surface area contributed by atoms with Crippen LogP contribution >= 0.6 is 11.8 Å². The molecule has 19 heavy (non-hydrogen) atoms. The van der Waals surface area contributed by atoms with E-state index in [0.29, 0.717) is 11.3 Å². The highest BCUT2D eigenvalue weighted by atomic mass is 32.2. The topological polar surface area (TPSA) is 38.3 Å². The first kappa shape index (κ1) is 16.8. The smallest absolute Gasteiger partial charge is 0.325 e. The first-order valence-electron chi connectivity index (χ1n) is 7.35. The van der Waals surface area contributed by atoms with Gasteiger partial charge in [-0.1, -0.05) is 20.8 Å². The third kappa shape index (κ3) is 6.17. The summed E-state index contributed by atoms with van der Waals surface area (Å²) in [6.45, 7) is 8.69. The lowest BCUT2D eigenvalue weighted by atomic mass is 9.96. The van der Waals surface area contributed by atoms with Crippen LogP contribution in [0.1, 0.15) is 53.4 Å². The zero-order valence-electron chi connectivity index (χ0n) is 13.0. The van der Waals surface area contributed by atoms with E-state index < -0.39 is 5.54 Å². The van der Waals surface area contributed by atoms with Crippen molar-refractivity contribution in [2.45, 2.75) is 70.2 Å². The standard InChI is InChI=1S/C15H29NO2S/c1-11(2)8-9-19-12(3)10-15(4,14(17)18-5)16-13-6-7-13/h11-13,16H,6-10H2,1-5H3. The van der Waals surface area contributed by atoms with Gasteiger partial charge in [-0.15, -0.1) is 0 Å². The number of hydrogen-bond donors (Lipinski definition) is 1. The van der Waals surface area contributed by atoms with Gasteiger partial charge in [-0.2, -0.15) is 11.8 Å². The van der Waals surface area contributed by atoms with Gasteiger partial charge in [0, 0.05) is 11.3 Å². The van der Waals surface area contributed by atoms with E-state index in [1.807, 2.05) is 18.7 Å². The van der Waals surface area contributed by atoms with Crippen molar-refractivity contribution in [3.63, 3.8) is 0 Å². The van der Waals surface area contributed by atoms with E-state index in [2.05, 4.69) is 26.1 Å². The maximum absolute atomic E-state index is 12.0. The fourth-order valence-corrected chi connectivity index (χ4v) is 3.70. The van der Waals surface area contributed by atoms with Crippen LogP contribution in [0.15, 0.2) is 0 Å². The van der Waals surface area contributed by atoms with Gasteiger partial charge < -0.3 is 4.74 Å². The van der Waals surface area contributed by atoms with Crippen molar-refractivity contribution in [3.8, 4) is 0 Å². The van der Waals surface area contributed by atoms with Gasteiger partial charge in [-0.3, -0.25) is 10.1 Å². The van der Waals surface area contributed by atoms with Crippen molar-refractivity contribution >= 4 is 17.7 Å². The number of methoxy groups -OCH3 is 1. The highest BCUT2D eigenvalue weighted by Gasteiger charge is 2.40. The van der Waals surface area contributed by atoms with E-state index in [1.165, 1.54) is 32.1 Å². The van der Waals surface area contributed by atoms with E-state index >= 15 is 0 Å². The molecule has 0 aromatic carbocycles. The van der Waals surface area contributed by atoms with Gasteiger partial charge in [-0.25, -0.2) is 0 Å². The van der Waals surface area contributed by atoms with Crippen LogP contribution in [-0.4, -0.2) is 35.7 Å². The number of hydrogen-bond acceptors (Lipinski definition) is 4. The Balaban J connectivity index is 2.44. The lowest BCUT2D eigenvalue weighted by Crippen LogP contribution is -2.52. The van der Waals surface area contributed by atoms with Crippen LogP contribution in [0.4, 0.5) is 0 Å². The Morgan fingerprint density at radius 2 is 2.05 bits per heavy atom. The van der Waals surface area contributed by atoms with E-state index in [4.69, 9.17) is 4.74 Å². The fraction of sp³-hybridized carbons (Fsp3) is 0.933. The molecule has 0 spiro atoms. The number of nitrogens with one attached hydrogen (secondary N) is 1. The SMILES string of the molecule is COC(=O)C(C)(CC(C)SCCC(C)C)NC1CC1. The van der Waals surface area contributed by atoms with Crippen molar-refractivity contribution in [2.24, 2.45) is 5.92 Å². The molecule has 2 atom stereocenters. The summed E-state index contributed by atoms with van der Waals surface area (Å²) >= 11 is 1.96. The van der Waals surface area contributed by atoms with Crippen LogP contribution in [0.2, 0.25) is 0 Å². The lowest BCUT2D eigenvalue weighted by molar-refractivity contribution is -0.148. The molecule has 1 aliphatic rings. The molecule has 0 amide bonds. The van der Waals surface area contributed by atoms with E-state index in [-0.39, 0.29) is 5.97 Å². The minimum atomic E-state index is -0.528. The van der Waals surface area contributed by atoms with Crippen LogP contribution in [0, 0.1) is 5.92 Å². The van der Waals surface area contributed by atoms with Crippen molar-refractivity contribution in [3.05, 3.63) is 0 Å². The molecule has 0 saturated heterocycles. The Hall–Kier alpha value is -0.220. The van der Waals surface area contributed by atoms with Crippen LogP contribution in [-0.2, 0) is 9.53 Å². The third-order valence-corrected chi connectivity index (χ3v) is 4.74. The summed E-state index contributed by atoms with van der Waals surface area (Å²) in [6, 6.07) is 0.511. The van der Waals surface area contributed by atoms with Gasteiger partial charge in [0.25, 0.3) is 0 Å². The molecule has 1 fully saturated rings. The number of carbonyl (C=O) groups excluding carboxylic acids is 1. The molecule has 4 heteroatoms. The quantitative estimate of drug-likeness (QED) is 0.661. The highest BCUT2D eigenvalue weighted by Crippen LogP contribution is 2.29. The minimum Gasteiger partial charge on any atom is -0.468 e. The zero-order chi connectivity index (χ0) is 14.5. The molecule has 0 heterocycles. The molecule has 3 nitrogen and oxygen atoms in total. The molecule has 0 aromatic rings. The molecule has 1 aliphatic carbocycles. The Labute approximate surface area is 122 Å². The van der Waals surface area contributed by atoms with Crippen LogP contribution < -0.4 is 5.32 Å². The van der Waals surface area contributed by atoms with E-state index in [9.17, 15) is 4.79 Å². The van der Waals surface area contributed by atoms with Crippen molar-refractivity contribution in [2.75, 3.05) is 12.9 Å². The number of carbonyl (C=O) groups is 1. The predicted molar refractivity (Wildman–Crippen MR) is 82.6 cm³/mol.